The number of furan rings is 1. The minimum atomic E-state index is -0.0696. The molecule has 1 N–H and O–H groups in total. The number of hydrogen-bond donors (Lipinski definition) is 1. The number of piperazine rings is 1. The molecule has 3 heterocycles. The van der Waals surface area contributed by atoms with Crippen molar-refractivity contribution in [1.29, 1.82) is 0 Å². The number of anilines is 1. The molecule has 1 aromatic carbocycles. The van der Waals surface area contributed by atoms with Gasteiger partial charge in [0, 0.05) is 43.0 Å². The number of halogens is 1. The number of amides is 1. The van der Waals surface area contributed by atoms with Crippen LogP contribution in [-0.4, -0.2) is 47.2 Å². The van der Waals surface area contributed by atoms with Crippen molar-refractivity contribution in [2.75, 3.05) is 31.1 Å². The van der Waals surface area contributed by atoms with Crippen LogP contribution in [0.25, 0.3) is 11.5 Å². The van der Waals surface area contributed by atoms with E-state index in [1.54, 1.807) is 18.4 Å². The monoisotopic (exact) mass is 356 g/mol. The van der Waals surface area contributed by atoms with Gasteiger partial charge in [-0.2, -0.15) is 5.10 Å². The average Bonchev–Trinajstić information content (AvgIpc) is 3.32. The lowest BCUT2D eigenvalue weighted by atomic mass is 10.2. The number of carbonyl (C=O) groups excluding carboxylic acids is 1. The van der Waals surface area contributed by atoms with Gasteiger partial charge in [-0.25, -0.2) is 0 Å². The molecule has 25 heavy (non-hydrogen) atoms. The Morgan fingerprint density at radius 1 is 1.12 bits per heavy atom. The predicted molar refractivity (Wildman–Crippen MR) is 95.9 cm³/mol. The zero-order valence-electron chi connectivity index (χ0n) is 13.5. The van der Waals surface area contributed by atoms with Crippen molar-refractivity contribution in [3.05, 3.63) is 59.4 Å². The maximum atomic E-state index is 12.7. The van der Waals surface area contributed by atoms with Crippen LogP contribution in [0.2, 0.25) is 5.02 Å². The molecule has 0 aliphatic carbocycles. The van der Waals surface area contributed by atoms with Crippen molar-refractivity contribution in [1.82, 2.24) is 15.1 Å². The van der Waals surface area contributed by atoms with Crippen LogP contribution in [0.1, 0.15) is 10.5 Å². The largest absolute Gasteiger partial charge is 0.463 e. The molecule has 1 saturated heterocycles. The summed E-state index contributed by atoms with van der Waals surface area (Å²) in [6.45, 7) is 2.83. The molecule has 0 unspecified atom stereocenters. The van der Waals surface area contributed by atoms with Gasteiger partial charge in [0.1, 0.15) is 5.69 Å². The second-order valence-electron chi connectivity index (χ2n) is 5.90. The van der Waals surface area contributed by atoms with Crippen LogP contribution < -0.4 is 4.90 Å². The van der Waals surface area contributed by atoms with E-state index in [0.29, 0.717) is 30.2 Å². The number of nitrogens with zero attached hydrogens (tertiary/aromatic N) is 3. The van der Waals surface area contributed by atoms with E-state index in [-0.39, 0.29) is 5.91 Å². The molecule has 128 valence electrons. The molecule has 0 atom stereocenters. The van der Waals surface area contributed by atoms with Gasteiger partial charge in [-0.1, -0.05) is 17.7 Å². The molecule has 1 amide bonds. The summed E-state index contributed by atoms with van der Waals surface area (Å²) in [6.07, 6.45) is 1.59. The third kappa shape index (κ3) is 3.25. The Kier molecular flexibility index (Phi) is 4.19. The van der Waals surface area contributed by atoms with E-state index in [1.807, 2.05) is 35.2 Å². The van der Waals surface area contributed by atoms with E-state index < -0.39 is 0 Å². The van der Waals surface area contributed by atoms with Crippen molar-refractivity contribution in [2.45, 2.75) is 0 Å². The van der Waals surface area contributed by atoms with Gasteiger partial charge in [0.05, 0.1) is 6.26 Å². The number of hydrogen-bond acceptors (Lipinski definition) is 4. The second kappa shape index (κ2) is 6.64. The number of carbonyl (C=O) groups is 1. The van der Waals surface area contributed by atoms with E-state index in [2.05, 4.69) is 15.1 Å². The standard InChI is InChI=1S/C18H17ClN4O2/c19-13-3-1-4-14(11-13)22-6-8-23(9-7-22)18(24)16-12-15(20-21-16)17-5-2-10-25-17/h1-5,10-12H,6-9H2,(H,20,21). The SMILES string of the molecule is O=C(c1cc(-c2ccco2)[nH]n1)N1CCN(c2cccc(Cl)c2)CC1. The Morgan fingerprint density at radius 2 is 1.96 bits per heavy atom. The van der Waals surface area contributed by atoms with Crippen molar-refractivity contribution in [2.24, 2.45) is 0 Å². The molecule has 1 aliphatic rings. The van der Waals surface area contributed by atoms with Crippen LogP contribution >= 0.6 is 11.6 Å². The Morgan fingerprint density at radius 3 is 2.68 bits per heavy atom. The molecule has 2 aromatic heterocycles. The molecule has 1 fully saturated rings. The molecule has 0 radical (unpaired) electrons. The van der Waals surface area contributed by atoms with Gasteiger partial charge >= 0.3 is 0 Å². The third-order valence-corrected chi connectivity index (χ3v) is 4.56. The minimum Gasteiger partial charge on any atom is -0.463 e. The molecular weight excluding hydrogens is 340 g/mol. The van der Waals surface area contributed by atoms with Crippen molar-refractivity contribution in [3.8, 4) is 11.5 Å². The molecule has 4 rings (SSSR count). The van der Waals surface area contributed by atoms with Gasteiger partial charge in [0.2, 0.25) is 0 Å². The summed E-state index contributed by atoms with van der Waals surface area (Å²) in [6, 6.07) is 13.1. The number of aromatic amines is 1. The van der Waals surface area contributed by atoms with E-state index >= 15 is 0 Å². The number of aromatic nitrogens is 2. The van der Waals surface area contributed by atoms with Gasteiger partial charge in [-0.05, 0) is 30.3 Å². The molecule has 0 bridgehead atoms. The van der Waals surface area contributed by atoms with Crippen molar-refractivity contribution >= 4 is 23.2 Å². The zero-order chi connectivity index (χ0) is 17.2. The van der Waals surface area contributed by atoms with E-state index in [0.717, 1.165) is 23.8 Å². The molecule has 1 aliphatic heterocycles. The van der Waals surface area contributed by atoms with Crippen molar-refractivity contribution < 1.29 is 9.21 Å². The highest BCUT2D eigenvalue weighted by molar-refractivity contribution is 6.30. The normalized spacial score (nSPS) is 14.8. The van der Waals surface area contributed by atoms with Crippen LogP contribution in [0, 0.1) is 0 Å². The molecule has 0 spiro atoms. The first-order valence-corrected chi connectivity index (χ1v) is 8.47. The number of rotatable bonds is 3. The maximum Gasteiger partial charge on any atom is 0.274 e. The summed E-state index contributed by atoms with van der Waals surface area (Å²) >= 11 is 6.06. The fourth-order valence-corrected chi connectivity index (χ4v) is 3.18. The average molecular weight is 357 g/mol. The van der Waals surface area contributed by atoms with E-state index in [9.17, 15) is 4.79 Å². The van der Waals surface area contributed by atoms with E-state index in [1.165, 1.54) is 0 Å². The summed E-state index contributed by atoms with van der Waals surface area (Å²) < 4.78 is 5.32. The van der Waals surface area contributed by atoms with Crippen LogP contribution in [0.4, 0.5) is 5.69 Å². The summed E-state index contributed by atoms with van der Waals surface area (Å²) in [4.78, 5) is 16.7. The lowest BCUT2D eigenvalue weighted by molar-refractivity contribution is 0.0741. The summed E-state index contributed by atoms with van der Waals surface area (Å²) in [5.41, 5.74) is 2.19. The summed E-state index contributed by atoms with van der Waals surface area (Å²) in [5, 5.41) is 7.70. The van der Waals surface area contributed by atoms with Crippen LogP contribution in [0.3, 0.4) is 0 Å². The predicted octanol–water partition coefficient (Wildman–Crippen LogP) is 3.29. The first-order chi connectivity index (χ1) is 12.2. The Balaban J connectivity index is 1.41. The Hall–Kier alpha value is -2.73. The van der Waals surface area contributed by atoms with Gasteiger partial charge in [0.15, 0.2) is 11.5 Å². The minimum absolute atomic E-state index is 0.0696. The Bertz CT molecular complexity index is 867. The molecule has 0 saturated carbocycles. The molecule has 6 nitrogen and oxygen atoms in total. The van der Waals surface area contributed by atoms with Crippen LogP contribution in [-0.2, 0) is 0 Å². The summed E-state index contributed by atoms with van der Waals surface area (Å²) in [7, 11) is 0. The zero-order valence-corrected chi connectivity index (χ0v) is 14.2. The molecule has 7 heteroatoms. The second-order valence-corrected chi connectivity index (χ2v) is 6.34. The highest BCUT2D eigenvalue weighted by atomic mass is 35.5. The third-order valence-electron chi connectivity index (χ3n) is 4.32. The number of H-pyrrole nitrogens is 1. The van der Waals surface area contributed by atoms with Crippen molar-refractivity contribution in [3.63, 3.8) is 0 Å². The number of benzene rings is 1. The smallest absolute Gasteiger partial charge is 0.274 e. The van der Waals surface area contributed by atoms with Gasteiger partial charge < -0.3 is 14.2 Å². The van der Waals surface area contributed by atoms with E-state index in [4.69, 9.17) is 16.0 Å². The van der Waals surface area contributed by atoms with Crippen LogP contribution in [0.15, 0.2) is 53.1 Å². The van der Waals surface area contributed by atoms with Gasteiger partial charge in [0.25, 0.3) is 5.91 Å². The van der Waals surface area contributed by atoms with Gasteiger partial charge in [-0.3, -0.25) is 9.89 Å². The topological polar surface area (TPSA) is 65.4 Å². The molecule has 3 aromatic rings. The highest BCUT2D eigenvalue weighted by Crippen LogP contribution is 2.22. The molecular formula is C18H17ClN4O2. The summed E-state index contributed by atoms with van der Waals surface area (Å²) in [5.74, 6) is 0.595. The first-order valence-electron chi connectivity index (χ1n) is 8.10. The first kappa shape index (κ1) is 15.8. The van der Waals surface area contributed by atoms with Gasteiger partial charge in [-0.15, -0.1) is 0 Å². The lowest BCUT2D eigenvalue weighted by Gasteiger charge is -2.35. The highest BCUT2D eigenvalue weighted by Gasteiger charge is 2.24. The fraction of sp³-hybridized carbons (Fsp3) is 0.222. The Labute approximate surface area is 150 Å². The quantitative estimate of drug-likeness (QED) is 0.782. The van der Waals surface area contributed by atoms with Crippen LogP contribution in [0.5, 0.6) is 0 Å². The fourth-order valence-electron chi connectivity index (χ4n) is 2.99. The number of nitrogens with one attached hydrogen (secondary N) is 1. The lowest BCUT2D eigenvalue weighted by Crippen LogP contribution is -2.48. The maximum absolute atomic E-state index is 12.7.